The molecule has 0 aliphatic rings. The van der Waals surface area contributed by atoms with Gasteiger partial charge in [-0.1, -0.05) is 32.4 Å². The number of H-pyrrole nitrogens is 1. The van der Waals surface area contributed by atoms with Gasteiger partial charge < -0.3 is 15.4 Å². The number of aromatic nitrogens is 2. The van der Waals surface area contributed by atoms with E-state index in [1.165, 1.54) is 0 Å². The lowest BCUT2D eigenvalue weighted by atomic mass is 10.00. The van der Waals surface area contributed by atoms with E-state index in [4.69, 9.17) is 0 Å². The van der Waals surface area contributed by atoms with Gasteiger partial charge in [-0.2, -0.15) is 0 Å². The Morgan fingerprint density at radius 3 is 2.83 bits per heavy atom. The van der Waals surface area contributed by atoms with E-state index in [0.29, 0.717) is 23.1 Å². The Bertz CT molecular complexity index is 726. The first-order valence-electron chi connectivity index (χ1n) is 7.93. The van der Waals surface area contributed by atoms with Crippen LogP contribution in [0.25, 0.3) is 10.9 Å². The zero-order valence-electron chi connectivity index (χ0n) is 13.5. The third-order valence-electron chi connectivity index (χ3n) is 4.12. The number of benzene rings is 1. The molecule has 23 heavy (non-hydrogen) atoms. The van der Waals surface area contributed by atoms with Crippen LogP contribution in [0.4, 0.5) is 0 Å². The SMILES string of the molecule is CC[C@@H](C)[C@H](CO)NC(=O)CCc1nc2ccccc2c(=O)[nH]1. The number of aryl methyl sites for hydroxylation is 1. The largest absolute Gasteiger partial charge is 0.394 e. The van der Waals surface area contributed by atoms with Crippen LogP contribution in [-0.4, -0.2) is 33.6 Å². The van der Waals surface area contributed by atoms with Gasteiger partial charge in [-0.25, -0.2) is 4.98 Å². The molecule has 6 heteroatoms. The fourth-order valence-corrected chi connectivity index (χ4v) is 2.42. The molecule has 0 saturated carbocycles. The number of amides is 1. The number of carbonyl (C=O) groups excluding carboxylic acids is 1. The summed E-state index contributed by atoms with van der Waals surface area (Å²) in [5.74, 6) is 0.552. The van der Waals surface area contributed by atoms with Gasteiger partial charge in [-0.05, 0) is 18.1 Å². The van der Waals surface area contributed by atoms with E-state index in [0.717, 1.165) is 6.42 Å². The van der Waals surface area contributed by atoms with Crippen LogP contribution in [0.15, 0.2) is 29.1 Å². The summed E-state index contributed by atoms with van der Waals surface area (Å²) < 4.78 is 0. The van der Waals surface area contributed by atoms with E-state index in [-0.39, 0.29) is 36.5 Å². The molecule has 0 saturated heterocycles. The normalized spacial score (nSPS) is 13.7. The second-order valence-corrected chi connectivity index (χ2v) is 5.77. The number of para-hydroxylation sites is 1. The van der Waals surface area contributed by atoms with Crippen LogP contribution >= 0.6 is 0 Å². The smallest absolute Gasteiger partial charge is 0.258 e. The minimum absolute atomic E-state index is 0.0776. The molecule has 1 aromatic heterocycles. The predicted molar refractivity (Wildman–Crippen MR) is 89.2 cm³/mol. The Labute approximate surface area is 135 Å². The van der Waals surface area contributed by atoms with Gasteiger partial charge in [0.1, 0.15) is 5.82 Å². The Morgan fingerprint density at radius 1 is 1.39 bits per heavy atom. The van der Waals surface area contributed by atoms with E-state index in [9.17, 15) is 14.7 Å². The number of carbonyl (C=O) groups is 1. The quantitative estimate of drug-likeness (QED) is 0.719. The summed E-state index contributed by atoms with van der Waals surface area (Å²) in [5.41, 5.74) is 0.429. The fraction of sp³-hybridized carbons (Fsp3) is 0.471. The number of aliphatic hydroxyl groups excluding tert-OH is 1. The second-order valence-electron chi connectivity index (χ2n) is 5.77. The monoisotopic (exact) mass is 317 g/mol. The molecule has 2 aromatic rings. The average molecular weight is 317 g/mol. The highest BCUT2D eigenvalue weighted by Gasteiger charge is 2.17. The van der Waals surface area contributed by atoms with Crippen molar-refractivity contribution in [2.75, 3.05) is 6.61 Å². The number of aliphatic hydroxyl groups is 1. The van der Waals surface area contributed by atoms with E-state index < -0.39 is 0 Å². The van der Waals surface area contributed by atoms with Crippen molar-refractivity contribution in [1.82, 2.24) is 15.3 Å². The van der Waals surface area contributed by atoms with Gasteiger partial charge in [0, 0.05) is 12.8 Å². The summed E-state index contributed by atoms with van der Waals surface area (Å²) in [6.45, 7) is 3.93. The lowest BCUT2D eigenvalue weighted by Crippen LogP contribution is -2.42. The predicted octanol–water partition coefficient (Wildman–Crippen LogP) is 1.38. The average Bonchev–Trinajstić information content (AvgIpc) is 2.57. The maximum absolute atomic E-state index is 12.0. The van der Waals surface area contributed by atoms with Crippen LogP contribution in [0.3, 0.4) is 0 Å². The third-order valence-corrected chi connectivity index (χ3v) is 4.12. The Hall–Kier alpha value is -2.21. The van der Waals surface area contributed by atoms with Crippen molar-refractivity contribution in [2.45, 2.75) is 39.2 Å². The van der Waals surface area contributed by atoms with Crippen molar-refractivity contribution in [2.24, 2.45) is 5.92 Å². The molecule has 0 fully saturated rings. The van der Waals surface area contributed by atoms with Crippen molar-refractivity contribution >= 4 is 16.8 Å². The summed E-state index contributed by atoms with van der Waals surface area (Å²) in [4.78, 5) is 31.1. The molecule has 0 radical (unpaired) electrons. The molecule has 1 amide bonds. The zero-order valence-corrected chi connectivity index (χ0v) is 13.5. The van der Waals surface area contributed by atoms with Gasteiger partial charge in [0.25, 0.3) is 5.56 Å². The Kier molecular flexibility index (Phi) is 5.87. The lowest BCUT2D eigenvalue weighted by Gasteiger charge is -2.22. The highest BCUT2D eigenvalue weighted by atomic mass is 16.3. The maximum Gasteiger partial charge on any atom is 0.258 e. The van der Waals surface area contributed by atoms with E-state index >= 15 is 0 Å². The fourth-order valence-electron chi connectivity index (χ4n) is 2.42. The molecular weight excluding hydrogens is 294 g/mol. The van der Waals surface area contributed by atoms with Crippen LogP contribution in [0.5, 0.6) is 0 Å². The topological polar surface area (TPSA) is 95.1 Å². The molecule has 0 spiro atoms. The molecule has 6 nitrogen and oxygen atoms in total. The van der Waals surface area contributed by atoms with Crippen molar-refractivity contribution in [3.05, 3.63) is 40.4 Å². The minimum Gasteiger partial charge on any atom is -0.394 e. The summed E-state index contributed by atoms with van der Waals surface area (Å²) in [7, 11) is 0. The third kappa shape index (κ3) is 4.39. The lowest BCUT2D eigenvalue weighted by molar-refractivity contribution is -0.122. The number of fused-ring (bicyclic) bond motifs is 1. The molecule has 0 unspecified atom stereocenters. The molecular formula is C17H23N3O3. The number of nitrogens with one attached hydrogen (secondary N) is 2. The van der Waals surface area contributed by atoms with Gasteiger partial charge in [0.2, 0.25) is 5.91 Å². The molecule has 2 atom stereocenters. The summed E-state index contributed by atoms with van der Waals surface area (Å²) >= 11 is 0. The summed E-state index contributed by atoms with van der Waals surface area (Å²) in [6, 6.07) is 6.87. The van der Waals surface area contributed by atoms with Crippen molar-refractivity contribution in [3.8, 4) is 0 Å². The number of rotatable bonds is 7. The highest BCUT2D eigenvalue weighted by molar-refractivity contribution is 5.78. The highest BCUT2D eigenvalue weighted by Crippen LogP contribution is 2.09. The van der Waals surface area contributed by atoms with Gasteiger partial charge >= 0.3 is 0 Å². The van der Waals surface area contributed by atoms with Crippen LogP contribution < -0.4 is 10.9 Å². The first-order valence-corrected chi connectivity index (χ1v) is 7.93. The molecule has 0 bridgehead atoms. The van der Waals surface area contributed by atoms with Crippen LogP contribution in [0.1, 0.15) is 32.5 Å². The summed E-state index contributed by atoms with van der Waals surface area (Å²) in [6.07, 6.45) is 1.45. The van der Waals surface area contributed by atoms with Gasteiger partial charge in [0.05, 0.1) is 23.6 Å². The van der Waals surface area contributed by atoms with Crippen LogP contribution in [0, 0.1) is 5.92 Å². The number of hydrogen-bond donors (Lipinski definition) is 3. The first kappa shape index (κ1) is 17.1. The molecule has 3 N–H and O–H groups in total. The van der Waals surface area contributed by atoms with Crippen LogP contribution in [0.2, 0.25) is 0 Å². The van der Waals surface area contributed by atoms with Crippen LogP contribution in [-0.2, 0) is 11.2 Å². The van der Waals surface area contributed by atoms with E-state index in [2.05, 4.69) is 15.3 Å². The number of aromatic amines is 1. The molecule has 1 heterocycles. The molecule has 1 aromatic carbocycles. The van der Waals surface area contributed by atoms with Gasteiger partial charge in [0.15, 0.2) is 0 Å². The standard InChI is InChI=1S/C17H23N3O3/c1-3-11(2)14(10-21)19-16(22)9-8-15-18-13-7-5-4-6-12(13)17(23)20-15/h4-7,11,14,21H,3,8-10H2,1-2H3,(H,19,22)(H,18,20,23)/t11-,14+/m1/s1. The summed E-state index contributed by atoms with van der Waals surface area (Å²) in [5, 5.41) is 12.7. The molecule has 124 valence electrons. The number of hydrogen-bond acceptors (Lipinski definition) is 4. The van der Waals surface area contributed by atoms with Crippen molar-refractivity contribution < 1.29 is 9.90 Å². The van der Waals surface area contributed by atoms with E-state index in [1.807, 2.05) is 19.9 Å². The zero-order chi connectivity index (χ0) is 16.8. The Morgan fingerprint density at radius 2 is 2.13 bits per heavy atom. The van der Waals surface area contributed by atoms with E-state index in [1.54, 1.807) is 18.2 Å². The Balaban J connectivity index is 2.00. The molecule has 0 aliphatic heterocycles. The second kappa shape index (κ2) is 7.87. The maximum atomic E-state index is 12.0. The van der Waals surface area contributed by atoms with Gasteiger partial charge in [-0.3, -0.25) is 9.59 Å². The number of nitrogens with zero attached hydrogens (tertiary/aromatic N) is 1. The first-order chi connectivity index (χ1) is 11.0. The van der Waals surface area contributed by atoms with Crippen molar-refractivity contribution in [1.29, 1.82) is 0 Å². The molecule has 0 aliphatic carbocycles. The van der Waals surface area contributed by atoms with Crippen molar-refractivity contribution in [3.63, 3.8) is 0 Å². The molecule has 2 rings (SSSR count). The minimum atomic E-state index is -0.240. The van der Waals surface area contributed by atoms with Gasteiger partial charge in [-0.15, -0.1) is 0 Å².